The summed E-state index contributed by atoms with van der Waals surface area (Å²) in [5.74, 6) is -1.25. The van der Waals surface area contributed by atoms with Gasteiger partial charge in [-0.1, -0.05) is 91.4 Å². The minimum Gasteiger partial charge on any atom is -0.460 e. The molecule has 8 nitrogen and oxygen atoms in total. The third-order valence-electron chi connectivity index (χ3n) is 9.62. The number of hydrogen-bond acceptors (Lipinski definition) is 6. The number of nitrogens with one attached hydrogen (secondary N) is 2. The highest BCUT2D eigenvalue weighted by Crippen LogP contribution is 2.42. The van der Waals surface area contributed by atoms with E-state index < -0.39 is 17.3 Å². The Morgan fingerprint density at radius 2 is 1.52 bits per heavy atom. The zero-order chi connectivity index (χ0) is 30.6. The summed E-state index contributed by atoms with van der Waals surface area (Å²) in [6.07, 6.45) is 18.2. The molecule has 1 heterocycles. The van der Waals surface area contributed by atoms with Crippen molar-refractivity contribution in [3.05, 3.63) is 0 Å². The predicted molar refractivity (Wildman–Crippen MR) is 165 cm³/mol. The molecule has 2 N–H and O–H groups in total. The first kappa shape index (κ1) is 34.8. The molecular weight excluding hydrogens is 532 g/mol. The first-order valence-electron chi connectivity index (χ1n) is 17.1. The monoisotopic (exact) mass is 592 g/mol. The Bertz CT molecular complexity index is 866. The van der Waals surface area contributed by atoms with Gasteiger partial charge in [0.1, 0.15) is 12.2 Å². The molecule has 1 aliphatic heterocycles. The van der Waals surface area contributed by atoms with E-state index in [0.29, 0.717) is 6.61 Å². The number of ether oxygens (including phenoxy) is 3. The van der Waals surface area contributed by atoms with Crippen LogP contribution >= 0.6 is 0 Å². The lowest BCUT2D eigenvalue weighted by Gasteiger charge is -2.44. The van der Waals surface area contributed by atoms with Crippen molar-refractivity contribution in [2.45, 2.75) is 174 Å². The fourth-order valence-corrected chi connectivity index (χ4v) is 6.90. The number of rotatable bonds is 16. The normalized spacial score (nSPS) is 26.4. The lowest BCUT2D eigenvalue weighted by molar-refractivity contribution is -0.304. The number of carbonyl (C=O) groups excluding carboxylic acids is 3. The van der Waals surface area contributed by atoms with Crippen LogP contribution in [0.15, 0.2) is 0 Å². The van der Waals surface area contributed by atoms with Crippen molar-refractivity contribution in [1.29, 1.82) is 0 Å². The average molecular weight is 593 g/mol. The summed E-state index contributed by atoms with van der Waals surface area (Å²) in [6, 6.07) is -0.132. The van der Waals surface area contributed by atoms with Crippen molar-refractivity contribution in [3.8, 4) is 0 Å². The van der Waals surface area contributed by atoms with Crippen molar-refractivity contribution < 1.29 is 28.6 Å². The van der Waals surface area contributed by atoms with E-state index in [0.717, 1.165) is 57.8 Å². The maximum absolute atomic E-state index is 13.7. The molecule has 8 heteroatoms. The molecule has 2 saturated carbocycles. The van der Waals surface area contributed by atoms with Gasteiger partial charge in [-0.15, -0.1) is 0 Å². The van der Waals surface area contributed by atoms with Crippen LogP contribution in [-0.2, 0) is 28.6 Å². The fraction of sp³-hybridized carbons (Fsp3) is 0.912. The van der Waals surface area contributed by atoms with Crippen molar-refractivity contribution in [3.63, 3.8) is 0 Å². The average Bonchev–Trinajstić information content (AvgIpc) is 3.38. The number of hydrogen-bond donors (Lipinski definition) is 2. The third kappa shape index (κ3) is 10.5. The van der Waals surface area contributed by atoms with Crippen LogP contribution in [0.2, 0.25) is 0 Å². The minimum atomic E-state index is -0.831. The van der Waals surface area contributed by atoms with Crippen molar-refractivity contribution in [1.82, 2.24) is 10.6 Å². The molecule has 3 atom stereocenters. The summed E-state index contributed by atoms with van der Waals surface area (Å²) in [7, 11) is 0. The standard InChI is InChI=1S/C34H60N2O6/c1-6-7-8-9-10-11-12-14-21-34(22-15-13-16-23-34)31(39)36-26-18-17-19-27(26)41-28(37)20-24-35-30(38)29-32(2,3)25-40-33(4,5)42-29/h26-27,29H,6-25H2,1-5H3,(H,35,38)(H,36,39). The second kappa shape index (κ2) is 16.4. The number of esters is 1. The molecule has 0 spiro atoms. The van der Waals surface area contributed by atoms with Gasteiger partial charge >= 0.3 is 5.97 Å². The van der Waals surface area contributed by atoms with Gasteiger partial charge in [-0.25, -0.2) is 0 Å². The summed E-state index contributed by atoms with van der Waals surface area (Å²) in [4.78, 5) is 39.3. The lowest BCUT2D eigenvalue weighted by atomic mass is 9.70. The molecule has 3 rings (SSSR count). The van der Waals surface area contributed by atoms with E-state index in [-0.39, 0.29) is 48.3 Å². The maximum atomic E-state index is 13.7. The molecule has 3 unspecified atom stereocenters. The molecule has 1 saturated heterocycles. The van der Waals surface area contributed by atoms with Crippen LogP contribution in [0, 0.1) is 10.8 Å². The van der Waals surface area contributed by atoms with E-state index in [1.807, 2.05) is 13.8 Å². The molecule has 0 radical (unpaired) electrons. The van der Waals surface area contributed by atoms with Gasteiger partial charge in [-0.05, 0) is 52.4 Å². The van der Waals surface area contributed by atoms with E-state index in [1.165, 1.54) is 51.4 Å². The quantitative estimate of drug-likeness (QED) is 0.152. The molecule has 42 heavy (non-hydrogen) atoms. The molecule has 242 valence electrons. The topological polar surface area (TPSA) is 103 Å². The second-order valence-electron chi connectivity index (χ2n) is 14.3. The van der Waals surface area contributed by atoms with Crippen LogP contribution < -0.4 is 10.6 Å². The minimum absolute atomic E-state index is 0.0817. The Morgan fingerprint density at radius 1 is 0.857 bits per heavy atom. The van der Waals surface area contributed by atoms with Crippen LogP contribution in [0.1, 0.15) is 150 Å². The van der Waals surface area contributed by atoms with Gasteiger partial charge in [-0.2, -0.15) is 0 Å². The van der Waals surface area contributed by atoms with Crippen LogP contribution in [0.3, 0.4) is 0 Å². The summed E-state index contributed by atoms with van der Waals surface area (Å²) in [5.41, 5.74) is -0.740. The molecule has 3 fully saturated rings. The number of unbranched alkanes of at least 4 members (excludes halogenated alkanes) is 7. The largest absolute Gasteiger partial charge is 0.460 e. The molecule has 0 aromatic carbocycles. The van der Waals surface area contributed by atoms with Gasteiger partial charge in [0.15, 0.2) is 5.79 Å². The molecular formula is C34H60N2O6. The molecule has 2 amide bonds. The van der Waals surface area contributed by atoms with Gasteiger partial charge < -0.3 is 24.8 Å². The van der Waals surface area contributed by atoms with Gasteiger partial charge in [-0.3, -0.25) is 14.4 Å². The fourth-order valence-electron chi connectivity index (χ4n) is 6.90. The Balaban J connectivity index is 1.43. The maximum Gasteiger partial charge on any atom is 0.307 e. The van der Waals surface area contributed by atoms with Crippen LogP contribution in [0.4, 0.5) is 0 Å². The van der Waals surface area contributed by atoms with E-state index in [9.17, 15) is 14.4 Å². The van der Waals surface area contributed by atoms with Crippen molar-refractivity contribution in [2.24, 2.45) is 10.8 Å². The first-order chi connectivity index (χ1) is 20.0. The highest BCUT2D eigenvalue weighted by molar-refractivity contribution is 5.83. The van der Waals surface area contributed by atoms with E-state index in [2.05, 4.69) is 17.6 Å². The van der Waals surface area contributed by atoms with Crippen molar-refractivity contribution in [2.75, 3.05) is 13.2 Å². The van der Waals surface area contributed by atoms with Gasteiger partial charge in [0.25, 0.3) is 0 Å². The summed E-state index contributed by atoms with van der Waals surface area (Å²) in [6.45, 7) is 10.3. The van der Waals surface area contributed by atoms with Crippen LogP contribution in [0.5, 0.6) is 0 Å². The third-order valence-corrected chi connectivity index (χ3v) is 9.62. The SMILES string of the molecule is CCCCCCCCCCC1(C(=O)NC2CCCC2OC(=O)CCNC(=O)C2OC(C)(C)OCC2(C)C)CCCCC1. The number of amides is 2. The van der Waals surface area contributed by atoms with Gasteiger partial charge in [0.2, 0.25) is 11.8 Å². The lowest BCUT2D eigenvalue weighted by Crippen LogP contribution is -2.56. The number of carbonyl (C=O) groups is 3. The second-order valence-corrected chi connectivity index (χ2v) is 14.3. The van der Waals surface area contributed by atoms with Gasteiger partial charge in [0, 0.05) is 17.4 Å². The van der Waals surface area contributed by atoms with Gasteiger partial charge in [0.05, 0.1) is 19.1 Å². The molecule has 0 aromatic heterocycles. The zero-order valence-electron chi connectivity index (χ0n) is 27.3. The highest BCUT2D eigenvalue weighted by atomic mass is 16.7. The summed E-state index contributed by atoms with van der Waals surface area (Å²) < 4.78 is 17.4. The summed E-state index contributed by atoms with van der Waals surface area (Å²) >= 11 is 0. The van der Waals surface area contributed by atoms with E-state index >= 15 is 0 Å². The smallest absolute Gasteiger partial charge is 0.307 e. The summed E-state index contributed by atoms with van der Waals surface area (Å²) in [5, 5.41) is 6.18. The van der Waals surface area contributed by atoms with Crippen molar-refractivity contribution >= 4 is 17.8 Å². The Kier molecular flexibility index (Phi) is 13.6. The Labute approximate surface area is 255 Å². The van der Waals surface area contributed by atoms with Crippen LogP contribution in [0.25, 0.3) is 0 Å². The van der Waals surface area contributed by atoms with Crippen LogP contribution in [-0.4, -0.2) is 55.0 Å². The predicted octanol–water partition coefficient (Wildman–Crippen LogP) is 6.73. The van der Waals surface area contributed by atoms with E-state index in [4.69, 9.17) is 14.2 Å². The molecule has 0 bridgehead atoms. The zero-order valence-corrected chi connectivity index (χ0v) is 27.3. The molecule has 3 aliphatic rings. The van der Waals surface area contributed by atoms with E-state index in [1.54, 1.807) is 13.8 Å². The Morgan fingerprint density at radius 3 is 2.21 bits per heavy atom. The highest BCUT2D eigenvalue weighted by Gasteiger charge is 2.46. The molecule has 2 aliphatic carbocycles. The Hall–Kier alpha value is -1.67. The molecule has 0 aromatic rings. The first-order valence-corrected chi connectivity index (χ1v) is 17.1.